The lowest BCUT2D eigenvalue weighted by Gasteiger charge is -2.18. The zero-order chi connectivity index (χ0) is 10.3. The zero-order valence-corrected chi connectivity index (χ0v) is 8.29. The zero-order valence-electron chi connectivity index (χ0n) is 8.29. The highest BCUT2D eigenvalue weighted by molar-refractivity contribution is 5.66. The van der Waals surface area contributed by atoms with Crippen molar-refractivity contribution < 1.29 is 15.0 Å². The van der Waals surface area contributed by atoms with Crippen molar-refractivity contribution in [3.8, 4) is 0 Å². The molecule has 13 heavy (non-hydrogen) atoms. The van der Waals surface area contributed by atoms with Crippen LogP contribution in [0.25, 0.3) is 0 Å². The number of hydrogen-bond donors (Lipinski definition) is 3. The Balaban J connectivity index is 3.48. The first-order chi connectivity index (χ1) is 6.06. The van der Waals surface area contributed by atoms with E-state index in [1.54, 1.807) is 0 Å². The van der Waals surface area contributed by atoms with Crippen molar-refractivity contribution in [2.75, 3.05) is 6.61 Å². The first-order valence-electron chi connectivity index (χ1n) is 4.65. The summed E-state index contributed by atoms with van der Waals surface area (Å²) in [6.45, 7) is 4.10. The van der Waals surface area contributed by atoms with Crippen molar-refractivity contribution in [2.45, 2.75) is 45.2 Å². The molecule has 0 heterocycles. The van der Waals surface area contributed by atoms with Crippen LogP contribution in [0.15, 0.2) is 0 Å². The van der Waals surface area contributed by atoms with Gasteiger partial charge in [-0.3, -0.25) is 4.79 Å². The van der Waals surface area contributed by atoms with E-state index < -0.39 is 5.97 Å². The van der Waals surface area contributed by atoms with Gasteiger partial charge in [0.15, 0.2) is 0 Å². The summed E-state index contributed by atoms with van der Waals surface area (Å²) in [4.78, 5) is 10.2. The van der Waals surface area contributed by atoms with E-state index >= 15 is 0 Å². The molecular weight excluding hydrogens is 170 g/mol. The minimum absolute atomic E-state index is 0.166. The summed E-state index contributed by atoms with van der Waals surface area (Å²) in [5.41, 5.74) is 0. The molecule has 0 aromatic rings. The highest BCUT2D eigenvalue weighted by Gasteiger charge is 2.08. The van der Waals surface area contributed by atoms with Crippen LogP contribution in [0.3, 0.4) is 0 Å². The Bertz CT molecular complexity index is 150. The molecule has 78 valence electrons. The Hall–Kier alpha value is -0.610. The average molecular weight is 189 g/mol. The van der Waals surface area contributed by atoms with Crippen LogP contribution >= 0.6 is 0 Å². The predicted molar refractivity (Wildman–Crippen MR) is 50.6 cm³/mol. The summed E-state index contributed by atoms with van der Waals surface area (Å²) in [7, 11) is 0. The van der Waals surface area contributed by atoms with E-state index in [0.29, 0.717) is 12.8 Å². The van der Waals surface area contributed by atoms with Gasteiger partial charge < -0.3 is 15.5 Å². The Morgan fingerprint density at radius 2 is 1.85 bits per heavy atom. The third kappa shape index (κ3) is 7.74. The fourth-order valence-corrected chi connectivity index (χ4v) is 1.19. The number of carboxylic acids is 1. The molecule has 0 aliphatic rings. The Labute approximate surface area is 79.0 Å². The second kappa shape index (κ2) is 6.86. The number of rotatable bonds is 7. The van der Waals surface area contributed by atoms with E-state index in [4.69, 9.17) is 10.2 Å². The second-order valence-corrected chi connectivity index (χ2v) is 3.41. The lowest BCUT2D eigenvalue weighted by molar-refractivity contribution is -0.137. The number of nitrogens with one attached hydrogen (secondary N) is 1. The van der Waals surface area contributed by atoms with Gasteiger partial charge in [-0.2, -0.15) is 0 Å². The Morgan fingerprint density at radius 1 is 1.31 bits per heavy atom. The minimum Gasteiger partial charge on any atom is -0.481 e. The quantitative estimate of drug-likeness (QED) is 0.548. The summed E-state index contributed by atoms with van der Waals surface area (Å²) in [5, 5.41) is 20.3. The van der Waals surface area contributed by atoms with E-state index in [-0.39, 0.29) is 25.1 Å². The van der Waals surface area contributed by atoms with Gasteiger partial charge in [0.2, 0.25) is 0 Å². The summed E-state index contributed by atoms with van der Waals surface area (Å²) >= 11 is 0. The van der Waals surface area contributed by atoms with Crippen molar-refractivity contribution in [1.29, 1.82) is 0 Å². The molecule has 0 amide bonds. The maximum atomic E-state index is 10.2. The van der Waals surface area contributed by atoms with Crippen LogP contribution in [0.4, 0.5) is 0 Å². The van der Waals surface area contributed by atoms with Crippen LogP contribution in [-0.4, -0.2) is 34.9 Å². The maximum absolute atomic E-state index is 10.2. The van der Waals surface area contributed by atoms with E-state index in [1.165, 1.54) is 0 Å². The fourth-order valence-electron chi connectivity index (χ4n) is 1.19. The monoisotopic (exact) mass is 189 g/mol. The molecular formula is C9H19NO3. The van der Waals surface area contributed by atoms with Gasteiger partial charge in [0.1, 0.15) is 0 Å². The topological polar surface area (TPSA) is 69.6 Å². The summed E-state index contributed by atoms with van der Waals surface area (Å²) in [5.74, 6) is -0.761. The Morgan fingerprint density at radius 3 is 2.31 bits per heavy atom. The van der Waals surface area contributed by atoms with Crippen LogP contribution in [0, 0.1) is 0 Å². The molecule has 0 saturated heterocycles. The molecule has 0 aliphatic carbocycles. The largest absolute Gasteiger partial charge is 0.481 e. The highest BCUT2D eigenvalue weighted by atomic mass is 16.4. The summed E-state index contributed by atoms with van der Waals surface area (Å²) in [6.07, 6.45) is 1.53. The molecule has 0 radical (unpaired) electrons. The van der Waals surface area contributed by atoms with Crippen LogP contribution in [0.5, 0.6) is 0 Å². The van der Waals surface area contributed by atoms with E-state index in [2.05, 4.69) is 5.32 Å². The molecule has 0 rings (SSSR count). The lowest BCUT2D eigenvalue weighted by Crippen LogP contribution is -2.35. The number of hydrogen-bond acceptors (Lipinski definition) is 3. The second-order valence-electron chi connectivity index (χ2n) is 3.41. The van der Waals surface area contributed by atoms with E-state index in [1.807, 2.05) is 13.8 Å². The lowest BCUT2D eigenvalue weighted by atomic mass is 10.1. The molecule has 4 heteroatoms. The molecule has 0 aromatic heterocycles. The normalized spacial score (nSPS) is 15.3. The summed E-state index contributed by atoms with van der Waals surface area (Å²) in [6, 6.07) is 0.437. The first-order valence-corrected chi connectivity index (χ1v) is 4.65. The smallest absolute Gasteiger partial charge is 0.303 e. The fraction of sp³-hybridized carbons (Fsp3) is 0.889. The molecule has 0 saturated carbocycles. The average Bonchev–Trinajstić information content (AvgIpc) is 2.01. The van der Waals surface area contributed by atoms with E-state index in [9.17, 15) is 4.79 Å². The molecule has 0 aromatic carbocycles. The molecule has 0 bridgehead atoms. The molecule has 0 spiro atoms. The Kier molecular flexibility index (Phi) is 6.54. The van der Waals surface area contributed by atoms with Crippen molar-refractivity contribution in [3.63, 3.8) is 0 Å². The highest BCUT2D eigenvalue weighted by Crippen LogP contribution is 1.99. The number of carbonyl (C=O) groups is 1. The van der Waals surface area contributed by atoms with Gasteiger partial charge in [-0.1, -0.05) is 0 Å². The van der Waals surface area contributed by atoms with Crippen LogP contribution in [0.1, 0.15) is 33.1 Å². The van der Waals surface area contributed by atoms with Crippen molar-refractivity contribution in [3.05, 3.63) is 0 Å². The standard InChI is InChI=1S/C9H19NO3/c1-7(3-4-9(12)13)10-8(2)5-6-11/h7-8,10-11H,3-6H2,1-2H3,(H,12,13). The van der Waals surface area contributed by atoms with Crippen LogP contribution < -0.4 is 5.32 Å². The van der Waals surface area contributed by atoms with Gasteiger partial charge >= 0.3 is 5.97 Å². The van der Waals surface area contributed by atoms with Gasteiger partial charge in [0, 0.05) is 25.1 Å². The predicted octanol–water partition coefficient (Wildman–Crippen LogP) is 0.600. The van der Waals surface area contributed by atoms with Gasteiger partial charge in [0.05, 0.1) is 0 Å². The van der Waals surface area contributed by atoms with Gasteiger partial charge in [0.25, 0.3) is 0 Å². The first kappa shape index (κ1) is 12.4. The van der Waals surface area contributed by atoms with Crippen molar-refractivity contribution in [1.82, 2.24) is 5.32 Å². The van der Waals surface area contributed by atoms with Gasteiger partial charge in [-0.25, -0.2) is 0 Å². The van der Waals surface area contributed by atoms with Gasteiger partial charge in [-0.05, 0) is 26.7 Å². The molecule has 3 N–H and O–H groups in total. The number of carboxylic acid groups (broad SMARTS) is 1. The number of aliphatic hydroxyl groups is 1. The van der Waals surface area contributed by atoms with Crippen LogP contribution in [-0.2, 0) is 4.79 Å². The number of aliphatic carboxylic acids is 1. The minimum atomic E-state index is -0.761. The number of aliphatic hydroxyl groups excluding tert-OH is 1. The molecule has 2 unspecified atom stereocenters. The van der Waals surface area contributed by atoms with Crippen molar-refractivity contribution in [2.24, 2.45) is 0 Å². The molecule has 2 atom stereocenters. The van der Waals surface area contributed by atoms with Crippen molar-refractivity contribution >= 4 is 5.97 Å². The SMILES string of the molecule is CC(CCO)NC(C)CCC(=O)O. The molecule has 4 nitrogen and oxygen atoms in total. The maximum Gasteiger partial charge on any atom is 0.303 e. The summed E-state index contributed by atoms with van der Waals surface area (Å²) < 4.78 is 0. The molecule has 0 fully saturated rings. The third-order valence-corrected chi connectivity index (χ3v) is 1.92. The van der Waals surface area contributed by atoms with E-state index in [0.717, 1.165) is 0 Å². The molecule has 0 aliphatic heterocycles. The third-order valence-electron chi connectivity index (χ3n) is 1.92. The van der Waals surface area contributed by atoms with Gasteiger partial charge in [-0.15, -0.1) is 0 Å². The van der Waals surface area contributed by atoms with Crippen LogP contribution in [0.2, 0.25) is 0 Å².